The fourth-order valence-corrected chi connectivity index (χ4v) is 4.12. The number of hydrogen-bond acceptors (Lipinski definition) is 6. The summed E-state index contributed by atoms with van der Waals surface area (Å²) in [6, 6.07) is 21.4. The topological polar surface area (TPSA) is 103 Å². The number of nitrogens with one attached hydrogen (secondary N) is 1. The number of amides is 1. The van der Waals surface area contributed by atoms with E-state index in [4.69, 9.17) is 9.47 Å². The minimum atomic E-state index is -0.518. The first-order valence-corrected chi connectivity index (χ1v) is 10.3. The van der Waals surface area contributed by atoms with Crippen molar-refractivity contribution in [3.8, 4) is 11.5 Å². The third kappa shape index (κ3) is 4.41. The number of methoxy groups -OCH3 is 2. The van der Waals surface area contributed by atoms with Gasteiger partial charge in [0.2, 0.25) is 5.91 Å². The quantitative estimate of drug-likeness (QED) is 0.320. The van der Waals surface area contributed by atoms with Gasteiger partial charge in [-0.15, -0.1) is 0 Å². The van der Waals surface area contributed by atoms with E-state index < -0.39 is 10.3 Å². The van der Waals surface area contributed by atoms with E-state index >= 15 is 0 Å². The number of hydrogen-bond donors (Lipinski definition) is 1. The minimum absolute atomic E-state index is 0.00414. The molecule has 1 N–H and O–H groups in total. The standard InChI is InChI=1S/C25H23N3O5/c1-32-21-7-3-5-18(13-21)25(19-6-4-8-22(14-19)33-2)15-23(25)24(29)27-26-16-17-9-11-20(12-10-17)28(30)31/h3-14,16,23H,15H2,1-2H3,(H,27,29)/b26-16+. The van der Waals surface area contributed by atoms with E-state index in [9.17, 15) is 14.9 Å². The largest absolute Gasteiger partial charge is 0.497 e. The number of nitro benzene ring substituents is 1. The predicted molar refractivity (Wildman–Crippen MR) is 124 cm³/mol. The molecular weight excluding hydrogens is 422 g/mol. The fraction of sp³-hybridized carbons (Fsp3) is 0.200. The second-order valence-electron chi connectivity index (χ2n) is 7.77. The second kappa shape index (κ2) is 9.12. The van der Waals surface area contributed by atoms with E-state index in [-0.39, 0.29) is 17.5 Å². The molecule has 0 spiro atoms. The lowest BCUT2D eigenvalue weighted by Gasteiger charge is -2.20. The Hall–Kier alpha value is -4.20. The average Bonchev–Trinajstić information content (AvgIpc) is 3.62. The summed E-state index contributed by atoms with van der Waals surface area (Å²) in [5, 5.41) is 14.8. The zero-order valence-electron chi connectivity index (χ0n) is 18.2. The van der Waals surface area contributed by atoms with Crippen LogP contribution in [-0.4, -0.2) is 31.3 Å². The Morgan fingerprint density at radius 3 is 2.12 bits per heavy atom. The van der Waals surface area contributed by atoms with E-state index in [2.05, 4.69) is 10.5 Å². The van der Waals surface area contributed by atoms with E-state index in [1.54, 1.807) is 26.4 Å². The van der Waals surface area contributed by atoms with Gasteiger partial charge in [-0.05, 0) is 59.5 Å². The van der Waals surface area contributed by atoms with Crippen LogP contribution >= 0.6 is 0 Å². The lowest BCUT2D eigenvalue weighted by atomic mass is 9.85. The molecule has 0 aliphatic heterocycles. The summed E-state index contributed by atoms with van der Waals surface area (Å²) in [5.74, 6) is 0.901. The molecule has 8 nitrogen and oxygen atoms in total. The molecule has 1 aliphatic carbocycles. The van der Waals surface area contributed by atoms with Crippen LogP contribution in [0.4, 0.5) is 5.69 Å². The molecule has 1 amide bonds. The molecule has 1 saturated carbocycles. The minimum Gasteiger partial charge on any atom is -0.497 e. The van der Waals surface area contributed by atoms with Crippen molar-refractivity contribution in [1.82, 2.24) is 5.43 Å². The number of ether oxygens (including phenoxy) is 2. The number of rotatable bonds is 8. The van der Waals surface area contributed by atoms with Gasteiger partial charge >= 0.3 is 0 Å². The predicted octanol–water partition coefficient (Wildman–Crippen LogP) is 4.07. The lowest BCUT2D eigenvalue weighted by Crippen LogP contribution is -2.25. The average molecular weight is 445 g/mol. The maximum absolute atomic E-state index is 13.0. The third-order valence-corrected chi connectivity index (χ3v) is 5.94. The van der Waals surface area contributed by atoms with Gasteiger partial charge in [-0.25, -0.2) is 5.43 Å². The van der Waals surface area contributed by atoms with Crippen LogP contribution < -0.4 is 14.9 Å². The summed E-state index contributed by atoms with van der Waals surface area (Å²) in [6.07, 6.45) is 2.08. The number of benzene rings is 3. The molecule has 33 heavy (non-hydrogen) atoms. The molecule has 8 heteroatoms. The number of non-ortho nitro benzene ring substituents is 1. The maximum Gasteiger partial charge on any atom is 0.269 e. The first-order valence-electron chi connectivity index (χ1n) is 10.3. The van der Waals surface area contributed by atoms with Gasteiger partial charge in [0.25, 0.3) is 5.69 Å². The van der Waals surface area contributed by atoms with Crippen LogP contribution in [0.1, 0.15) is 23.1 Å². The summed E-state index contributed by atoms with van der Waals surface area (Å²) in [7, 11) is 3.22. The highest BCUT2D eigenvalue weighted by Gasteiger charge is 2.60. The van der Waals surface area contributed by atoms with Crippen molar-refractivity contribution in [2.45, 2.75) is 11.8 Å². The number of nitrogens with zero attached hydrogens (tertiary/aromatic N) is 2. The Morgan fingerprint density at radius 1 is 1.03 bits per heavy atom. The Kier molecular flexibility index (Phi) is 6.08. The molecule has 3 aromatic rings. The van der Waals surface area contributed by atoms with Gasteiger partial charge in [-0.3, -0.25) is 14.9 Å². The van der Waals surface area contributed by atoms with E-state index in [1.807, 2.05) is 48.5 Å². The molecule has 0 radical (unpaired) electrons. The number of nitro groups is 1. The summed E-state index contributed by atoms with van der Waals surface area (Å²) in [4.78, 5) is 23.3. The zero-order chi connectivity index (χ0) is 23.4. The van der Waals surface area contributed by atoms with Crippen molar-refractivity contribution < 1.29 is 19.2 Å². The molecule has 0 saturated heterocycles. The number of carbonyl (C=O) groups excluding carboxylic acids is 1. The zero-order valence-corrected chi connectivity index (χ0v) is 18.2. The molecule has 0 aromatic heterocycles. The molecule has 1 unspecified atom stereocenters. The smallest absolute Gasteiger partial charge is 0.269 e. The highest BCUT2D eigenvalue weighted by molar-refractivity contribution is 5.88. The van der Waals surface area contributed by atoms with Gasteiger partial charge in [0, 0.05) is 17.5 Å². The number of carbonyl (C=O) groups is 1. The van der Waals surface area contributed by atoms with Crippen LogP contribution in [0.2, 0.25) is 0 Å². The first-order chi connectivity index (χ1) is 16.0. The normalized spacial score (nSPS) is 16.2. The maximum atomic E-state index is 13.0. The van der Waals surface area contributed by atoms with Crippen molar-refractivity contribution >= 4 is 17.8 Å². The van der Waals surface area contributed by atoms with Gasteiger partial charge in [0.1, 0.15) is 11.5 Å². The van der Waals surface area contributed by atoms with E-state index in [0.29, 0.717) is 12.0 Å². The van der Waals surface area contributed by atoms with Crippen molar-refractivity contribution in [3.05, 3.63) is 99.6 Å². The Balaban J connectivity index is 1.57. The summed E-state index contributed by atoms with van der Waals surface area (Å²) >= 11 is 0. The van der Waals surface area contributed by atoms with Crippen LogP contribution in [0.25, 0.3) is 0 Å². The molecule has 1 atom stereocenters. The van der Waals surface area contributed by atoms with Crippen molar-refractivity contribution in [2.24, 2.45) is 11.0 Å². The van der Waals surface area contributed by atoms with E-state index in [1.165, 1.54) is 18.3 Å². The van der Waals surface area contributed by atoms with Crippen molar-refractivity contribution in [3.63, 3.8) is 0 Å². The van der Waals surface area contributed by atoms with Crippen LogP contribution in [0.3, 0.4) is 0 Å². The van der Waals surface area contributed by atoms with Crippen molar-refractivity contribution in [2.75, 3.05) is 14.2 Å². The molecule has 4 rings (SSSR count). The highest BCUT2D eigenvalue weighted by atomic mass is 16.6. The molecular formula is C25H23N3O5. The summed E-state index contributed by atoms with van der Waals surface area (Å²) in [5.41, 5.74) is 4.70. The SMILES string of the molecule is COc1cccc(C2(c3cccc(OC)c3)CC2C(=O)N/N=C/c2ccc([N+](=O)[O-])cc2)c1. The van der Waals surface area contributed by atoms with Crippen molar-refractivity contribution in [1.29, 1.82) is 0 Å². The lowest BCUT2D eigenvalue weighted by molar-refractivity contribution is -0.384. The molecule has 168 valence electrons. The Bertz CT molecular complexity index is 1160. The fourth-order valence-electron chi connectivity index (χ4n) is 4.12. The van der Waals surface area contributed by atoms with Gasteiger partial charge in [-0.2, -0.15) is 5.10 Å². The van der Waals surface area contributed by atoms with Crippen LogP contribution in [0.15, 0.2) is 77.9 Å². The van der Waals surface area contributed by atoms with E-state index in [0.717, 1.165) is 22.6 Å². The second-order valence-corrected chi connectivity index (χ2v) is 7.77. The monoisotopic (exact) mass is 445 g/mol. The third-order valence-electron chi connectivity index (χ3n) is 5.94. The Morgan fingerprint density at radius 2 is 1.61 bits per heavy atom. The van der Waals surface area contributed by atoms with Crippen LogP contribution in [0.5, 0.6) is 11.5 Å². The van der Waals surface area contributed by atoms with Crippen LogP contribution in [-0.2, 0) is 10.2 Å². The van der Waals surface area contributed by atoms with Crippen LogP contribution in [0, 0.1) is 16.0 Å². The molecule has 0 heterocycles. The molecule has 1 aliphatic rings. The molecule has 1 fully saturated rings. The summed E-state index contributed by atoms with van der Waals surface area (Å²) in [6.45, 7) is 0. The molecule has 3 aromatic carbocycles. The highest BCUT2D eigenvalue weighted by Crippen LogP contribution is 2.59. The van der Waals surface area contributed by atoms with Gasteiger partial charge in [-0.1, -0.05) is 24.3 Å². The van der Waals surface area contributed by atoms with Gasteiger partial charge in [0.05, 0.1) is 31.3 Å². The number of hydrazone groups is 1. The Labute approximate surface area is 191 Å². The first kappa shape index (κ1) is 22.0. The summed E-state index contributed by atoms with van der Waals surface area (Å²) < 4.78 is 10.8. The van der Waals surface area contributed by atoms with Gasteiger partial charge < -0.3 is 9.47 Å². The van der Waals surface area contributed by atoms with Gasteiger partial charge in [0.15, 0.2) is 0 Å². The molecule has 0 bridgehead atoms.